The molecule has 8 nitrogen and oxygen atoms in total. The van der Waals surface area contributed by atoms with Crippen molar-refractivity contribution in [3.8, 4) is 5.75 Å². The van der Waals surface area contributed by atoms with Gasteiger partial charge in [-0.3, -0.25) is 14.5 Å². The molecule has 1 atom stereocenters. The van der Waals surface area contributed by atoms with Crippen LogP contribution in [-0.4, -0.2) is 49.4 Å². The molecular weight excluding hydrogens is 596 g/mol. The number of anilines is 1. The third kappa shape index (κ3) is 11.7. The monoisotopic (exact) mass is 638 g/mol. The Balaban J connectivity index is 2.72. The number of halogens is 4. The molecule has 2 amide bonds. The highest BCUT2D eigenvalue weighted by molar-refractivity contribution is 6.02. The van der Waals surface area contributed by atoms with Crippen molar-refractivity contribution in [2.45, 2.75) is 84.7 Å². The van der Waals surface area contributed by atoms with E-state index >= 15 is 4.39 Å². The Kier molecular flexibility index (Phi) is 13.4. The lowest BCUT2D eigenvalue weighted by molar-refractivity contribution is -0.171. The first-order chi connectivity index (χ1) is 21.0. The summed E-state index contributed by atoms with van der Waals surface area (Å²) in [7, 11) is 0.929. The molecule has 0 radical (unpaired) electrons. The number of esters is 1. The highest BCUT2D eigenvalue weighted by Gasteiger charge is 2.46. The van der Waals surface area contributed by atoms with Crippen molar-refractivity contribution in [1.82, 2.24) is 5.32 Å². The lowest BCUT2D eigenvalue weighted by Crippen LogP contribution is -2.45. The fourth-order valence-corrected chi connectivity index (χ4v) is 4.48. The molecule has 2 aromatic rings. The summed E-state index contributed by atoms with van der Waals surface area (Å²) in [6.45, 7) is 11.4. The Morgan fingerprint density at radius 2 is 1.71 bits per heavy atom. The first kappa shape index (κ1) is 37.1. The van der Waals surface area contributed by atoms with E-state index < -0.39 is 59.6 Å². The van der Waals surface area contributed by atoms with Gasteiger partial charge in [-0.15, -0.1) is 0 Å². The Morgan fingerprint density at radius 3 is 2.24 bits per heavy atom. The van der Waals surface area contributed by atoms with Gasteiger partial charge in [0.15, 0.2) is 5.82 Å². The largest absolute Gasteiger partial charge is 0.487 e. The van der Waals surface area contributed by atoms with Gasteiger partial charge in [-0.05, 0) is 62.3 Å². The van der Waals surface area contributed by atoms with Crippen LogP contribution in [0.25, 0.3) is 6.08 Å². The molecule has 2 aromatic carbocycles. The van der Waals surface area contributed by atoms with Gasteiger partial charge in [-0.2, -0.15) is 13.2 Å². The van der Waals surface area contributed by atoms with Gasteiger partial charge in [0.1, 0.15) is 30.2 Å². The van der Waals surface area contributed by atoms with Gasteiger partial charge in [0.05, 0.1) is 7.11 Å². The topological polar surface area (TPSA) is 94.2 Å². The highest BCUT2D eigenvalue weighted by Crippen LogP contribution is 2.39. The molecule has 0 unspecified atom stereocenters. The van der Waals surface area contributed by atoms with Crippen molar-refractivity contribution < 1.29 is 46.2 Å². The van der Waals surface area contributed by atoms with E-state index in [9.17, 15) is 27.6 Å². The molecule has 0 aliphatic rings. The maximum absolute atomic E-state index is 16.7. The molecule has 0 aromatic heterocycles. The molecule has 0 aliphatic heterocycles. The second kappa shape index (κ2) is 16.3. The number of benzene rings is 2. The summed E-state index contributed by atoms with van der Waals surface area (Å²) in [6.07, 6.45) is -3.27. The van der Waals surface area contributed by atoms with Crippen LogP contribution in [0.15, 0.2) is 43.0 Å². The number of alkyl carbamates (subject to hydrolysis) is 1. The number of hydrogen-bond acceptors (Lipinski definition) is 6. The van der Waals surface area contributed by atoms with Crippen LogP contribution in [0, 0.1) is 11.7 Å². The van der Waals surface area contributed by atoms with Gasteiger partial charge in [0, 0.05) is 6.04 Å². The number of nitrogens with one attached hydrogen (secondary N) is 1. The molecular formula is C33H42F4N2O6. The van der Waals surface area contributed by atoms with Crippen LogP contribution in [0.2, 0.25) is 0 Å². The third-order valence-electron chi connectivity index (χ3n) is 6.58. The van der Waals surface area contributed by atoms with Gasteiger partial charge in [0.25, 0.3) is 0 Å². The van der Waals surface area contributed by atoms with Gasteiger partial charge in [-0.1, -0.05) is 69.7 Å². The van der Waals surface area contributed by atoms with Crippen LogP contribution in [-0.2, 0) is 32.1 Å². The van der Waals surface area contributed by atoms with Crippen molar-refractivity contribution in [3.63, 3.8) is 0 Å². The second-order valence-electron chi connectivity index (χ2n) is 11.9. The normalized spacial score (nSPS) is 12.3. The van der Waals surface area contributed by atoms with Crippen molar-refractivity contribution in [2.24, 2.45) is 5.92 Å². The van der Waals surface area contributed by atoms with E-state index in [1.165, 1.54) is 12.1 Å². The standard InChI is InChI=1S/C33H42F4N2O6/c1-8-23-17-26(44-20-22-14-10-9-11-15-22)29(39(19-27(40)43-7)30(41)33(35,36)37)28(34)25(23)18-24(16-12-13-21(2)3)38-31(42)45-32(4,5)6/h8-11,14-15,17,21,24H,1,12-13,16,18-20H2,2-7H3,(H,38,42)/t24-/m0/s1. The van der Waals surface area contributed by atoms with E-state index in [1.807, 2.05) is 13.8 Å². The van der Waals surface area contributed by atoms with Crippen LogP contribution in [0.3, 0.4) is 0 Å². The SMILES string of the molecule is C=Cc1cc(OCc2ccccc2)c(N(CC(=O)OC)C(=O)C(F)(F)F)c(F)c1C[C@H](CCCC(C)C)NC(=O)OC(C)(C)C. The third-order valence-corrected chi connectivity index (χ3v) is 6.58. The number of carbonyl (C=O) groups is 3. The first-order valence-electron chi connectivity index (χ1n) is 14.6. The van der Waals surface area contributed by atoms with E-state index in [1.54, 1.807) is 51.1 Å². The molecule has 0 saturated heterocycles. The zero-order valence-corrected chi connectivity index (χ0v) is 26.6. The molecule has 0 fully saturated rings. The summed E-state index contributed by atoms with van der Waals surface area (Å²) >= 11 is 0. The van der Waals surface area contributed by atoms with Gasteiger partial charge < -0.3 is 19.5 Å². The summed E-state index contributed by atoms with van der Waals surface area (Å²) in [6, 6.07) is 9.12. The summed E-state index contributed by atoms with van der Waals surface area (Å²) in [5.74, 6) is -5.02. The smallest absolute Gasteiger partial charge is 0.471 e. The number of rotatable bonds is 14. The molecule has 12 heteroatoms. The minimum absolute atomic E-state index is 0.0348. The Bertz CT molecular complexity index is 1320. The van der Waals surface area contributed by atoms with E-state index in [-0.39, 0.29) is 29.1 Å². The van der Waals surface area contributed by atoms with Crippen LogP contribution in [0.4, 0.5) is 28.0 Å². The average molecular weight is 639 g/mol. The Morgan fingerprint density at radius 1 is 1.07 bits per heavy atom. The molecule has 2 rings (SSSR count). The molecule has 45 heavy (non-hydrogen) atoms. The molecule has 0 bridgehead atoms. The zero-order chi connectivity index (χ0) is 33.9. The van der Waals surface area contributed by atoms with Crippen LogP contribution in [0.5, 0.6) is 5.75 Å². The number of hydrogen-bond donors (Lipinski definition) is 1. The average Bonchev–Trinajstić information content (AvgIpc) is 2.94. The van der Waals surface area contributed by atoms with Crippen LogP contribution in [0.1, 0.15) is 70.6 Å². The number of nitrogens with zero attached hydrogens (tertiary/aromatic N) is 1. The number of ether oxygens (including phenoxy) is 3. The Hall–Kier alpha value is -4.09. The quantitative estimate of drug-likeness (QED) is 0.172. The molecule has 1 N–H and O–H groups in total. The maximum atomic E-state index is 16.7. The van der Waals surface area contributed by atoms with Crippen LogP contribution >= 0.6 is 0 Å². The lowest BCUT2D eigenvalue weighted by Gasteiger charge is -2.28. The second-order valence-corrected chi connectivity index (χ2v) is 11.9. The van der Waals surface area contributed by atoms with Crippen molar-refractivity contribution >= 4 is 29.7 Å². The summed E-state index contributed by atoms with van der Waals surface area (Å²) in [4.78, 5) is 37.5. The zero-order valence-electron chi connectivity index (χ0n) is 26.6. The highest BCUT2D eigenvalue weighted by atomic mass is 19.4. The van der Waals surface area contributed by atoms with Crippen molar-refractivity contribution in [3.05, 3.63) is 65.5 Å². The minimum Gasteiger partial charge on any atom is -0.487 e. The molecule has 248 valence electrons. The van der Waals surface area contributed by atoms with Crippen molar-refractivity contribution in [2.75, 3.05) is 18.6 Å². The predicted molar refractivity (Wildman–Crippen MR) is 163 cm³/mol. The molecule has 0 heterocycles. The minimum atomic E-state index is -5.47. The van der Waals surface area contributed by atoms with Crippen LogP contribution < -0.4 is 15.0 Å². The summed E-state index contributed by atoms with van der Waals surface area (Å²) in [5.41, 5.74) is -1.07. The first-order valence-corrected chi connectivity index (χ1v) is 14.6. The lowest BCUT2D eigenvalue weighted by atomic mass is 9.94. The van der Waals surface area contributed by atoms with E-state index in [4.69, 9.17) is 9.47 Å². The molecule has 0 saturated carbocycles. The van der Waals surface area contributed by atoms with Crippen molar-refractivity contribution in [1.29, 1.82) is 0 Å². The van der Waals surface area contributed by atoms with Gasteiger partial charge in [0.2, 0.25) is 0 Å². The van der Waals surface area contributed by atoms with Gasteiger partial charge >= 0.3 is 24.1 Å². The molecule has 0 aliphatic carbocycles. The number of carbonyl (C=O) groups excluding carboxylic acids is 3. The van der Waals surface area contributed by atoms with E-state index in [0.717, 1.165) is 13.5 Å². The number of methoxy groups -OCH3 is 1. The molecule has 0 spiro atoms. The van der Waals surface area contributed by atoms with E-state index in [2.05, 4.69) is 16.6 Å². The van der Waals surface area contributed by atoms with Gasteiger partial charge in [-0.25, -0.2) is 9.18 Å². The fraction of sp³-hybridized carbons (Fsp3) is 0.485. The predicted octanol–water partition coefficient (Wildman–Crippen LogP) is 7.38. The fourth-order valence-electron chi connectivity index (χ4n) is 4.48. The Labute approximate surface area is 261 Å². The summed E-state index contributed by atoms with van der Waals surface area (Å²) < 4.78 is 73.8. The maximum Gasteiger partial charge on any atom is 0.471 e. The van der Waals surface area contributed by atoms with E-state index in [0.29, 0.717) is 24.3 Å². The number of amides is 2. The number of alkyl halides is 3. The summed E-state index contributed by atoms with van der Waals surface area (Å²) in [5, 5.41) is 2.74.